The van der Waals surface area contributed by atoms with Crippen molar-refractivity contribution in [2.24, 2.45) is 0 Å². The quantitative estimate of drug-likeness (QED) is 0.832. The second kappa shape index (κ2) is 5.76. The van der Waals surface area contributed by atoms with Gasteiger partial charge in [-0.05, 0) is 46.8 Å². The van der Waals surface area contributed by atoms with Crippen molar-refractivity contribution < 1.29 is 9.53 Å². The van der Waals surface area contributed by atoms with E-state index in [1.54, 1.807) is 0 Å². The number of carbonyl (C=O) groups excluding carboxylic acids is 1. The van der Waals surface area contributed by atoms with Crippen molar-refractivity contribution in [2.45, 2.75) is 46.3 Å². The molecule has 0 unspecified atom stereocenters. The molecular formula is C14H22N2O2. The van der Waals surface area contributed by atoms with Crippen LogP contribution in [0, 0.1) is 0 Å². The molecule has 0 atom stereocenters. The van der Waals surface area contributed by atoms with Crippen molar-refractivity contribution in [3.8, 4) is 0 Å². The van der Waals surface area contributed by atoms with E-state index in [2.05, 4.69) is 5.43 Å². The highest BCUT2D eigenvalue weighted by molar-refractivity contribution is 5.70. The number of hydrogen-bond acceptors (Lipinski definition) is 3. The molecule has 1 aromatic rings. The predicted molar refractivity (Wildman–Crippen MR) is 73.3 cm³/mol. The molecule has 4 nitrogen and oxygen atoms in total. The molecule has 0 aliphatic heterocycles. The van der Waals surface area contributed by atoms with Crippen LogP contribution in [0.5, 0.6) is 0 Å². The standard InChI is InChI=1S/C14H22N2O2/c1-11(2)16(13(17)18-14(3,4)5)15-12-9-7-6-8-10-12/h6-11,15H,1-5H3. The first kappa shape index (κ1) is 14.4. The summed E-state index contributed by atoms with van der Waals surface area (Å²) in [4.78, 5) is 12.0. The van der Waals surface area contributed by atoms with E-state index in [1.165, 1.54) is 5.01 Å². The van der Waals surface area contributed by atoms with Gasteiger partial charge in [0, 0.05) is 0 Å². The van der Waals surface area contributed by atoms with Gasteiger partial charge in [0.25, 0.3) is 0 Å². The molecule has 0 saturated heterocycles. The van der Waals surface area contributed by atoms with E-state index in [-0.39, 0.29) is 12.1 Å². The van der Waals surface area contributed by atoms with Crippen molar-refractivity contribution >= 4 is 11.8 Å². The first-order valence-corrected chi connectivity index (χ1v) is 6.13. The maximum Gasteiger partial charge on any atom is 0.429 e. The smallest absolute Gasteiger partial charge is 0.429 e. The van der Waals surface area contributed by atoms with Crippen molar-refractivity contribution in [1.29, 1.82) is 0 Å². The van der Waals surface area contributed by atoms with Gasteiger partial charge in [-0.25, -0.2) is 9.80 Å². The van der Waals surface area contributed by atoms with Crippen LogP contribution < -0.4 is 5.43 Å². The van der Waals surface area contributed by atoms with E-state index in [0.29, 0.717) is 0 Å². The maximum atomic E-state index is 12.0. The van der Waals surface area contributed by atoms with Gasteiger partial charge < -0.3 is 4.74 Å². The average molecular weight is 250 g/mol. The third-order valence-electron chi connectivity index (χ3n) is 2.13. The Labute approximate surface area is 109 Å². The molecule has 0 radical (unpaired) electrons. The van der Waals surface area contributed by atoms with Gasteiger partial charge in [0.1, 0.15) is 5.60 Å². The van der Waals surface area contributed by atoms with Crippen LogP contribution in [-0.2, 0) is 4.74 Å². The first-order valence-electron chi connectivity index (χ1n) is 6.13. The molecule has 1 aromatic carbocycles. The predicted octanol–water partition coefficient (Wildman–Crippen LogP) is 3.66. The van der Waals surface area contributed by atoms with Crippen LogP contribution >= 0.6 is 0 Å². The average Bonchev–Trinajstić information content (AvgIpc) is 2.24. The summed E-state index contributed by atoms with van der Waals surface area (Å²) in [6.07, 6.45) is -0.374. The molecule has 1 rings (SSSR count). The number of carbonyl (C=O) groups is 1. The van der Waals surface area contributed by atoms with Crippen LogP contribution in [0.25, 0.3) is 0 Å². The van der Waals surface area contributed by atoms with Crippen molar-refractivity contribution in [1.82, 2.24) is 5.01 Å². The summed E-state index contributed by atoms with van der Waals surface area (Å²) in [7, 11) is 0. The zero-order valence-corrected chi connectivity index (χ0v) is 11.7. The Hall–Kier alpha value is -1.71. The molecule has 0 saturated carbocycles. The molecule has 0 aliphatic carbocycles. The normalized spacial score (nSPS) is 11.2. The number of nitrogens with zero attached hydrogens (tertiary/aromatic N) is 1. The van der Waals surface area contributed by atoms with E-state index in [1.807, 2.05) is 65.0 Å². The van der Waals surface area contributed by atoms with E-state index < -0.39 is 5.60 Å². The van der Waals surface area contributed by atoms with Crippen LogP contribution in [-0.4, -0.2) is 22.7 Å². The fourth-order valence-corrected chi connectivity index (χ4v) is 1.35. The number of nitrogens with one attached hydrogen (secondary N) is 1. The monoisotopic (exact) mass is 250 g/mol. The van der Waals surface area contributed by atoms with Gasteiger partial charge >= 0.3 is 6.09 Å². The molecule has 0 heterocycles. The zero-order chi connectivity index (χ0) is 13.8. The summed E-state index contributed by atoms with van der Waals surface area (Å²) in [6.45, 7) is 9.42. The molecule has 0 fully saturated rings. The zero-order valence-electron chi connectivity index (χ0n) is 11.7. The number of benzene rings is 1. The minimum atomic E-state index is -0.497. The van der Waals surface area contributed by atoms with Crippen molar-refractivity contribution in [3.05, 3.63) is 30.3 Å². The Morgan fingerprint density at radius 3 is 2.22 bits per heavy atom. The first-order chi connectivity index (χ1) is 8.29. The topological polar surface area (TPSA) is 41.6 Å². The summed E-state index contributed by atoms with van der Waals surface area (Å²) in [5.41, 5.74) is 3.42. The lowest BCUT2D eigenvalue weighted by Gasteiger charge is -2.30. The third kappa shape index (κ3) is 4.65. The van der Waals surface area contributed by atoms with Gasteiger partial charge in [0.2, 0.25) is 0 Å². The largest absolute Gasteiger partial charge is 0.442 e. The molecule has 0 spiro atoms. The van der Waals surface area contributed by atoms with Gasteiger partial charge in [-0.15, -0.1) is 0 Å². The number of hydrogen-bond donors (Lipinski definition) is 1. The van der Waals surface area contributed by atoms with E-state index >= 15 is 0 Å². The highest BCUT2D eigenvalue weighted by atomic mass is 16.6. The SMILES string of the molecule is CC(C)N(Nc1ccccc1)C(=O)OC(C)(C)C. The number of hydrazine groups is 1. The molecule has 1 amide bonds. The molecular weight excluding hydrogens is 228 g/mol. The van der Waals surface area contributed by atoms with Crippen LogP contribution in [0.2, 0.25) is 0 Å². The van der Waals surface area contributed by atoms with Gasteiger partial charge in [0.15, 0.2) is 0 Å². The summed E-state index contributed by atoms with van der Waals surface area (Å²) in [5.74, 6) is 0. The molecule has 100 valence electrons. The van der Waals surface area contributed by atoms with E-state index in [4.69, 9.17) is 4.74 Å². The highest BCUT2D eigenvalue weighted by Crippen LogP contribution is 2.14. The number of para-hydroxylation sites is 1. The molecule has 0 bridgehead atoms. The second-order valence-electron chi connectivity index (χ2n) is 5.42. The highest BCUT2D eigenvalue weighted by Gasteiger charge is 2.24. The van der Waals surface area contributed by atoms with Crippen molar-refractivity contribution in [2.75, 3.05) is 5.43 Å². The summed E-state index contributed by atoms with van der Waals surface area (Å²) in [6, 6.07) is 9.56. The Bertz CT molecular complexity index is 383. The Morgan fingerprint density at radius 1 is 1.22 bits per heavy atom. The van der Waals surface area contributed by atoms with E-state index in [0.717, 1.165) is 5.69 Å². The lowest BCUT2D eigenvalue weighted by molar-refractivity contribution is 0.0246. The fraction of sp³-hybridized carbons (Fsp3) is 0.500. The molecule has 18 heavy (non-hydrogen) atoms. The Balaban J connectivity index is 2.75. The molecule has 0 aromatic heterocycles. The van der Waals surface area contributed by atoms with Gasteiger partial charge in [-0.3, -0.25) is 5.43 Å². The molecule has 0 aliphatic rings. The van der Waals surface area contributed by atoms with Crippen LogP contribution in [0.15, 0.2) is 30.3 Å². The van der Waals surface area contributed by atoms with Crippen molar-refractivity contribution in [3.63, 3.8) is 0 Å². The molecule has 4 heteroatoms. The number of ether oxygens (including phenoxy) is 1. The summed E-state index contributed by atoms with van der Waals surface area (Å²) < 4.78 is 5.36. The van der Waals surface area contributed by atoms with Crippen LogP contribution in [0.1, 0.15) is 34.6 Å². The Kier molecular flexibility index (Phi) is 4.59. The minimum Gasteiger partial charge on any atom is -0.442 e. The summed E-state index contributed by atoms with van der Waals surface area (Å²) in [5, 5.41) is 1.49. The van der Waals surface area contributed by atoms with Crippen LogP contribution in [0.4, 0.5) is 10.5 Å². The number of anilines is 1. The van der Waals surface area contributed by atoms with Gasteiger partial charge in [-0.1, -0.05) is 18.2 Å². The summed E-state index contributed by atoms with van der Waals surface area (Å²) >= 11 is 0. The number of rotatable bonds is 3. The Morgan fingerprint density at radius 2 is 1.78 bits per heavy atom. The third-order valence-corrected chi connectivity index (χ3v) is 2.13. The fourth-order valence-electron chi connectivity index (χ4n) is 1.35. The van der Waals surface area contributed by atoms with E-state index in [9.17, 15) is 4.79 Å². The lowest BCUT2D eigenvalue weighted by atomic mass is 10.2. The minimum absolute atomic E-state index is 0.0000520. The lowest BCUT2D eigenvalue weighted by Crippen LogP contribution is -2.44. The molecule has 1 N–H and O–H groups in total. The second-order valence-corrected chi connectivity index (χ2v) is 5.42. The van der Waals surface area contributed by atoms with Crippen LogP contribution in [0.3, 0.4) is 0 Å². The van der Waals surface area contributed by atoms with Gasteiger partial charge in [-0.2, -0.15) is 0 Å². The maximum absolute atomic E-state index is 12.0. The number of amides is 1. The van der Waals surface area contributed by atoms with Gasteiger partial charge in [0.05, 0.1) is 11.7 Å².